The predicted molar refractivity (Wildman–Crippen MR) is 46.2 cm³/mol. The molecule has 0 radical (unpaired) electrons. The Balaban J connectivity index is 2.69. The molecule has 1 atom stereocenters. The van der Waals surface area contributed by atoms with Crippen molar-refractivity contribution in [3.8, 4) is 0 Å². The van der Waals surface area contributed by atoms with Gasteiger partial charge in [0.2, 0.25) is 6.08 Å². The molecule has 74 valence electrons. The number of methoxy groups -OCH3 is 1. The fourth-order valence-electron chi connectivity index (χ4n) is 0.953. The van der Waals surface area contributed by atoms with Crippen LogP contribution in [0.25, 0.3) is 0 Å². The molecular weight excluding hydrogens is 186 g/mol. The summed E-state index contributed by atoms with van der Waals surface area (Å²) in [6.07, 6.45) is 4.56. The van der Waals surface area contributed by atoms with Crippen LogP contribution < -0.4 is 0 Å². The van der Waals surface area contributed by atoms with Gasteiger partial charge in [-0.3, -0.25) is 4.68 Å². The van der Waals surface area contributed by atoms with E-state index >= 15 is 0 Å². The zero-order valence-corrected chi connectivity index (χ0v) is 7.58. The van der Waals surface area contributed by atoms with Crippen molar-refractivity contribution in [3.05, 3.63) is 18.5 Å². The van der Waals surface area contributed by atoms with Crippen molar-refractivity contribution >= 4 is 12.0 Å². The molecule has 1 aromatic rings. The molecule has 14 heavy (non-hydrogen) atoms. The third-order valence-corrected chi connectivity index (χ3v) is 1.60. The highest BCUT2D eigenvalue weighted by atomic mass is 16.5. The van der Waals surface area contributed by atoms with E-state index in [4.69, 9.17) is 0 Å². The third-order valence-electron chi connectivity index (χ3n) is 1.60. The van der Waals surface area contributed by atoms with E-state index in [1.807, 2.05) is 0 Å². The lowest BCUT2D eigenvalue weighted by Crippen LogP contribution is -2.25. The van der Waals surface area contributed by atoms with Gasteiger partial charge in [-0.1, -0.05) is 0 Å². The first-order valence-corrected chi connectivity index (χ1v) is 3.90. The fourth-order valence-corrected chi connectivity index (χ4v) is 0.953. The van der Waals surface area contributed by atoms with Crippen LogP contribution in [0.2, 0.25) is 0 Å². The van der Waals surface area contributed by atoms with Crippen molar-refractivity contribution in [1.29, 1.82) is 0 Å². The molecule has 0 bridgehead atoms. The van der Waals surface area contributed by atoms with Crippen LogP contribution in [0.15, 0.2) is 23.5 Å². The molecule has 0 N–H and O–H groups in total. The Hall–Kier alpha value is -1.94. The normalized spacial score (nSPS) is 11.5. The largest absolute Gasteiger partial charge is 0.467 e. The van der Waals surface area contributed by atoms with Gasteiger partial charge in [0.05, 0.1) is 13.7 Å². The van der Waals surface area contributed by atoms with Gasteiger partial charge >= 0.3 is 5.97 Å². The van der Waals surface area contributed by atoms with Crippen molar-refractivity contribution in [2.75, 3.05) is 7.11 Å². The summed E-state index contributed by atoms with van der Waals surface area (Å²) in [5.74, 6) is -0.580. The van der Waals surface area contributed by atoms with Crippen molar-refractivity contribution in [2.45, 2.75) is 12.6 Å². The molecular formula is C8H9N3O3. The number of aromatic nitrogens is 2. The van der Waals surface area contributed by atoms with Crippen LogP contribution in [-0.2, 0) is 20.9 Å². The lowest BCUT2D eigenvalue weighted by molar-refractivity contribution is -0.142. The molecule has 0 aromatic carbocycles. The van der Waals surface area contributed by atoms with Crippen LogP contribution in [0.4, 0.5) is 0 Å². The molecule has 1 rings (SSSR count). The van der Waals surface area contributed by atoms with Crippen molar-refractivity contribution < 1.29 is 14.3 Å². The summed E-state index contributed by atoms with van der Waals surface area (Å²) in [5.41, 5.74) is 0. The SMILES string of the molecule is COC(=O)C(Cn1cccn1)N=C=O. The number of carbonyl (C=O) groups excluding carboxylic acids is 2. The number of isocyanates is 1. The second-order valence-electron chi connectivity index (χ2n) is 2.49. The van der Waals surface area contributed by atoms with Crippen molar-refractivity contribution in [3.63, 3.8) is 0 Å². The minimum atomic E-state index is -0.877. The Morgan fingerprint density at radius 1 is 1.79 bits per heavy atom. The predicted octanol–water partition coefficient (Wildman–Crippen LogP) is -0.240. The average molecular weight is 195 g/mol. The van der Waals surface area contributed by atoms with Gasteiger partial charge in [-0.2, -0.15) is 10.1 Å². The number of hydrogen-bond donors (Lipinski definition) is 0. The average Bonchev–Trinajstić information content (AvgIpc) is 2.68. The minimum Gasteiger partial charge on any atom is -0.467 e. The van der Waals surface area contributed by atoms with Gasteiger partial charge in [-0.05, 0) is 6.07 Å². The standard InChI is InChI=1S/C8H9N3O3/c1-14-8(13)7(9-6-12)5-11-4-2-3-10-11/h2-4,7H,5H2,1H3. The number of carbonyl (C=O) groups is 1. The maximum atomic E-state index is 11.1. The molecule has 1 heterocycles. The van der Waals surface area contributed by atoms with E-state index < -0.39 is 12.0 Å². The van der Waals surface area contributed by atoms with E-state index in [-0.39, 0.29) is 6.54 Å². The first kappa shape index (κ1) is 10.1. The third kappa shape index (κ3) is 2.53. The minimum absolute atomic E-state index is 0.176. The van der Waals surface area contributed by atoms with E-state index in [2.05, 4.69) is 14.8 Å². The maximum Gasteiger partial charge on any atom is 0.333 e. The monoisotopic (exact) mass is 195 g/mol. The zero-order chi connectivity index (χ0) is 10.4. The molecule has 0 saturated carbocycles. The highest BCUT2D eigenvalue weighted by molar-refractivity contribution is 5.76. The van der Waals surface area contributed by atoms with Crippen molar-refractivity contribution in [1.82, 2.24) is 9.78 Å². The number of hydrogen-bond acceptors (Lipinski definition) is 5. The molecule has 0 fully saturated rings. The smallest absolute Gasteiger partial charge is 0.333 e. The van der Waals surface area contributed by atoms with Crippen LogP contribution in [-0.4, -0.2) is 35.0 Å². The Morgan fingerprint density at radius 3 is 3.07 bits per heavy atom. The molecule has 1 unspecified atom stereocenters. The molecule has 0 aliphatic heterocycles. The van der Waals surface area contributed by atoms with Crippen molar-refractivity contribution in [2.24, 2.45) is 4.99 Å². The Bertz CT molecular complexity index is 341. The number of rotatable bonds is 4. The van der Waals surface area contributed by atoms with Gasteiger partial charge in [0.15, 0.2) is 6.04 Å². The summed E-state index contributed by atoms with van der Waals surface area (Å²) in [7, 11) is 1.23. The molecule has 0 saturated heterocycles. The molecule has 6 heteroatoms. The Kier molecular flexibility index (Phi) is 3.58. The van der Waals surface area contributed by atoms with Gasteiger partial charge in [-0.25, -0.2) is 9.59 Å². The summed E-state index contributed by atoms with van der Waals surface area (Å²) in [6, 6.07) is 0.830. The van der Waals surface area contributed by atoms with Crippen LogP contribution in [0, 0.1) is 0 Å². The number of ether oxygens (including phenoxy) is 1. The van der Waals surface area contributed by atoms with Crippen LogP contribution in [0.5, 0.6) is 0 Å². The van der Waals surface area contributed by atoms with E-state index in [9.17, 15) is 9.59 Å². The summed E-state index contributed by atoms with van der Waals surface area (Å²) in [4.78, 5) is 24.5. The Labute approximate surface area is 80.2 Å². The zero-order valence-electron chi connectivity index (χ0n) is 7.58. The molecule has 1 aromatic heterocycles. The Morgan fingerprint density at radius 2 is 2.57 bits per heavy atom. The van der Waals surface area contributed by atoms with Crippen LogP contribution in [0.3, 0.4) is 0 Å². The van der Waals surface area contributed by atoms with E-state index in [0.29, 0.717) is 0 Å². The number of nitrogens with zero attached hydrogens (tertiary/aromatic N) is 3. The van der Waals surface area contributed by atoms with E-state index in [1.54, 1.807) is 18.5 Å². The molecule has 0 aliphatic rings. The van der Waals surface area contributed by atoms with Crippen LogP contribution in [0.1, 0.15) is 0 Å². The summed E-state index contributed by atoms with van der Waals surface area (Å²) in [6.45, 7) is 0.176. The summed E-state index contributed by atoms with van der Waals surface area (Å²) in [5, 5.41) is 3.87. The molecule has 0 spiro atoms. The maximum absolute atomic E-state index is 11.1. The lowest BCUT2D eigenvalue weighted by Gasteiger charge is -2.07. The van der Waals surface area contributed by atoms with Gasteiger partial charge < -0.3 is 4.74 Å². The van der Waals surface area contributed by atoms with Crippen LogP contribution >= 0.6 is 0 Å². The van der Waals surface area contributed by atoms with Gasteiger partial charge in [0.25, 0.3) is 0 Å². The topological polar surface area (TPSA) is 73.6 Å². The lowest BCUT2D eigenvalue weighted by atomic mass is 10.3. The van der Waals surface area contributed by atoms with Gasteiger partial charge in [0, 0.05) is 12.4 Å². The first-order chi connectivity index (χ1) is 6.77. The number of aliphatic imine (C=N–C) groups is 1. The summed E-state index contributed by atoms with van der Waals surface area (Å²) < 4.78 is 5.95. The second kappa shape index (κ2) is 4.94. The molecule has 0 aliphatic carbocycles. The highest BCUT2D eigenvalue weighted by Crippen LogP contribution is 1.98. The number of esters is 1. The quantitative estimate of drug-likeness (QED) is 0.377. The van der Waals surface area contributed by atoms with E-state index in [1.165, 1.54) is 17.9 Å². The second-order valence-corrected chi connectivity index (χ2v) is 2.49. The van der Waals surface area contributed by atoms with Gasteiger partial charge in [0.1, 0.15) is 0 Å². The van der Waals surface area contributed by atoms with E-state index in [0.717, 1.165) is 0 Å². The van der Waals surface area contributed by atoms with Gasteiger partial charge in [-0.15, -0.1) is 0 Å². The molecule has 0 amide bonds. The highest BCUT2D eigenvalue weighted by Gasteiger charge is 2.18. The summed E-state index contributed by atoms with van der Waals surface area (Å²) >= 11 is 0. The molecule has 6 nitrogen and oxygen atoms in total. The first-order valence-electron chi connectivity index (χ1n) is 3.90. The fraction of sp³-hybridized carbons (Fsp3) is 0.375.